The predicted octanol–water partition coefficient (Wildman–Crippen LogP) is 6.95. The Kier molecular flexibility index (Phi) is 8.31. The van der Waals surface area contributed by atoms with Crippen LogP contribution in [0.2, 0.25) is 0 Å². The van der Waals surface area contributed by atoms with Gasteiger partial charge in [0.15, 0.2) is 0 Å². The van der Waals surface area contributed by atoms with Crippen LogP contribution in [-0.2, 0) is 17.6 Å². The summed E-state index contributed by atoms with van der Waals surface area (Å²) in [5.74, 6) is 1.36. The Morgan fingerprint density at radius 2 is 1.73 bits per heavy atom. The number of nitrogens with one attached hydrogen (secondary N) is 2. The highest BCUT2D eigenvalue weighted by Crippen LogP contribution is 2.38. The van der Waals surface area contributed by atoms with Gasteiger partial charge < -0.3 is 20.1 Å². The fourth-order valence-electron chi connectivity index (χ4n) is 4.60. The Morgan fingerprint density at radius 1 is 0.946 bits per heavy atom. The average Bonchev–Trinajstić information content (AvgIpc) is 2.92. The topological polar surface area (TPSA) is 72.5 Å². The van der Waals surface area contributed by atoms with Crippen LogP contribution in [0.1, 0.15) is 29.7 Å². The highest BCUT2D eigenvalue weighted by atomic mass is 35.5. The maximum absolute atomic E-state index is 12.7. The number of hydrogen-bond acceptors (Lipinski definition) is 5. The highest BCUT2D eigenvalue weighted by molar-refractivity contribution is 6.04. The lowest BCUT2D eigenvalue weighted by Gasteiger charge is -2.22. The third kappa shape index (κ3) is 5.87. The number of anilines is 3. The minimum Gasteiger partial charge on any atom is -0.497 e. The molecule has 0 atom stereocenters. The third-order valence-corrected chi connectivity index (χ3v) is 6.44. The van der Waals surface area contributed by atoms with Crippen LogP contribution < -0.4 is 20.1 Å². The molecule has 1 aliphatic carbocycles. The van der Waals surface area contributed by atoms with Gasteiger partial charge in [0.05, 0.1) is 31.1 Å². The van der Waals surface area contributed by atoms with Crippen LogP contribution in [0.5, 0.6) is 11.5 Å². The molecule has 2 N–H and O–H groups in total. The molecular formula is C30H30ClN3O3. The van der Waals surface area contributed by atoms with Crippen LogP contribution in [0.4, 0.5) is 17.1 Å². The van der Waals surface area contributed by atoms with Crippen LogP contribution in [0, 0.1) is 0 Å². The minimum absolute atomic E-state index is 0. The minimum atomic E-state index is -0.199. The first-order valence-electron chi connectivity index (χ1n) is 12.1. The molecule has 5 rings (SSSR count). The summed E-state index contributed by atoms with van der Waals surface area (Å²) in [6, 6.07) is 21.3. The maximum Gasteiger partial charge on any atom is 0.248 e. The summed E-state index contributed by atoms with van der Waals surface area (Å²) in [5, 5.41) is 7.59. The molecule has 1 aliphatic rings. The number of pyridine rings is 1. The van der Waals surface area contributed by atoms with Gasteiger partial charge in [-0.15, -0.1) is 12.4 Å². The van der Waals surface area contributed by atoms with Crippen molar-refractivity contribution in [2.45, 2.75) is 25.7 Å². The van der Waals surface area contributed by atoms with Crippen LogP contribution >= 0.6 is 12.4 Å². The molecule has 0 saturated carbocycles. The van der Waals surface area contributed by atoms with Gasteiger partial charge in [-0.2, -0.15) is 0 Å². The summed E-state index contributed by atoms with van der Waals surface area (Å²) in [6.45, 7) is 0. The zero-order valence-corrected chi connectivity index (χ0v) is 21.7. The smallest absolute Gasteiger partial charge is 0.248 e. The summed E-state index contributed by atoms with van der Waals surface area (Å²) in [5.41, 5.74) is 6.85. The Balaban J connectivity index is 0.00000320. The summed E-state index contributed by atoms with van der Waals surface area (Å²) in [7, 11) is 3.30. The molecule has 0 spiro atoms. The van der Waals surface area contributed by atoms with E-state index in [4.69, 9.17) is 14.5 Å². The summed E-state index contributed by atoms with van der Waals surface area (Å²) in [4.78, 5) is 17.6. The van der Waals surface area contributed by atoms with Crippen molar-refractivity contribution in [1.29, 1.82) is 0 Å². The molecule has 1 aromatic heterocycles. The van der Waals surface area contributed by atoms with Crippen LogP contribution in [-0.4, -0.2) is 25.1 Å². The number of aromatic nitrogens is 1. The van der Waals surface area contributed by atoms with E-state index in [0.29, 0.717) is 5.69 Å². The van der Waals surface area contributed by atoms with E-state index in [1.54, 1.807) is 20.3 Å². The van der Waals surface area contributed by atoms with E-state index in [-0.39, 0.29) is 18.3 Å². The van der Waals surface area contributed by atoms with E-state index in [1.807, 2.05) is 66.7 Å². The van der Waals surface area contributed by atoms with E-state index in [1.165, 1.54) is 11.6 Å². The first-order chi connectivity index (χ1) is 17.6. The number of halogens is 1. The van der Waals surface area contributed by atoms with Crippen LogP contribution in [0.25, 0.3) is 17.0 Å². The summed E-state index contributed by atoms with van der Waals surface area (Å²) in [6.07, 6.45) is 7.53. The molecule has 0 unspecified atom stereocenters. The van der Waals surface area contributed by atoms with E-state index < -0.39 is 0 Å². The molecule has 37 heavy (non-hydrogen) atoms. The molecule has 1 amide bonds. The molecule has 0 aliphatic heterocycles. The number of hydrogen-bond donors (Lipinski definition) is 2. The number of ether oxygens (including phenoxy) is 2. The van der Waals surface area contributed by atoms with Crippen LogP contribution in [0.15, 0.2) is 72.8 Å². The fraction of sp³-hybridized carbons (Fsp3) is 0.200. The van der Waals surface area contributed by atoms with Crippen molar-refractivity contribution < 1.29 is 14.3 Å². The monoisotopic (exact) mass is 515 g/mol. The Bertz CT molecular complexity index is 1430. The Labute approximate surface area is 223 Å². The number of methoxy groups -OCH3 is 2. The number of rotatable bonds is 7. The van der Waals surface area contributed by atoms with Gasteiger partial charge in [0, 0.05) is 22.8 Å². The number of carbonyl (C=O) groups is 1. The molecule has 1 heterocycles. The zero-order valence-electron chi connectivity index (χ0n) is 20.9. The fourth-order valence-corrected chi connectivity index (χ4v) is 4.60. The van der Waals surface area contributed by atoms with E-state index >= 15 is 0 Å². The average molecular weight is 516 g/mol. The van der Waals surface area contributed by atoms with Gasteiger partial charge in [0.25, 0.3) is 0 Å². The number of nitrogens with zero attached hydrogens (tertiary/aromatic N) is 1. The van der Waals surface area contributed by atoms with Gasteiger partial charge in [-0.1, -0.05) is 24.3 Å². The lowest BCUT2D eigenvalue weighted by molar-refractivity contribution is -0.111. The standard InChI is InChI=1S/C30H29N3O3.ClH/c1-35-22-15-11-20(12-16-22)13-18-29(34)31-21-14-17-26-24(19-21)30(23-7-3-4-8-25(23)32-26)33-27-9-5-6-10-28(27)36-2;/h5-6,9-19H,3-4,7-8H2,1-2H3,(H,31,34)(H,32,33);1H/b18-13+;. The number of benzene rings is 3. The second-order valence-corrected chi connectivity index (χ2v) is 8.77. The molecule has 0 saturated heterocycles. The second-order valence-electron chi connectivity index (χ2n) is 8.77. The molecule has 190 valence electrons. The summed E-state index contributed by atoms with van der Waals surface area (Å²) >= 11 is 0. The Morgan fingerprint density at radius 3 is 2.51 bits per heavy atom. The van der Waals surface area contributed by atoms with Crippen molar-refractivity contribution in [1.82, 2.24) is 4.98 Å². The van der Waals surface area contributed by atoms with Crippen molar-refractivity contribution in [3.8, 4) is 11.5 Å². The lowest BCUT2D eigenvalue weighted by atomic mass is 9.92. The molecule has 3 aromatic carbocycles. The van der Waals surface area contributed by atoms with Crippen molar-refractivity contribution in [3.05, 3.63) is 89.6 Å². The van der Waals surface area contributed by atoms with Gasteiger partial charge in [-0.3, -0.25) is 9.78 Å². The van der Waals surface area contributed by atoms with Crippen molar-refractivity contribution >= 4 is 52.4 Å². The second kappa shape index (κ2) is 11.8. The van der Waals surface area contributed by atoms with Crippen molar-refractivity contribution in [2.24, 2.45) is 0 Å². The van der Waals surface area contributed by atoms with Gasteiger partial charge in [-0.25, -0.2) is 0 Å². The number of aryl methyl sites for hydroxylation is 1. The SMILES string of the molecule is COc1ccc(/C=C/C(=O)Nc2ccc3nc4c(c(Nc5ccccc5OC)c3c2)CCCC4)cc1.Cl. The van der Waals surface area contributed by atoms with E-state index in [9.17, 15) is 4.79 Å². The molecular weight excluding hydrogens is 486 g/mol. The molecule has 6 nitrogen and oxygen atoms in total. The number of fused-ring (bicyclic) bond motifs is 2. The first kappa shape index (κ1) is 26.0. The van der Waals surface area contributed by atoms with Gasteiger partial charge in [0.1, 0.15) is 11.5 Å². The molecule has 4 aromatic rings. The van der Waals surface area contributed by atoms with Crippen molar-refractivity contribution in [3.63, 3.8) is 0 Å². The number of para-hydroxylation sites is 2. The van der Waals surface area contributed by atoms with Gasteiger partial charge in [0.2, 0.25) is 5.91 Å². The Hall–Kier alpha value is -4.03. The van der Waals surface area contributed by atoms with E-state index in [2.05, 4.69) is 10.6 Å². The number of amides is 1. The molecule has 7 heteroatoms. The third-order valence-electron chi connectivity index (χ3n) is 6.44. The van der Waals surface area contributed by atoms with Crippen LogP contribution in [0.3, 0.4) is 0 Å². The largest absolute Gasteiger partial charge is 0.497 e. The molecule has 0 radical (unpaired) electrons. The van der Waals surface area contributed by atoms with Crippen molar-refractivity contribution in [2.75, 3.05) is 24.9 Å². The quantitative estimate of drug-likeness (QED) is 0.261. The number of carbonyl (C=O) groups excluding carboxylic acids is 1. The van der Waals surface area contributed by atoms with E-state index in [0.717, 1.165) is 70.7 Å². The maximum atomic E-state index is 12.7. The molecule has 0 bridgehead atoms. The zero-order chi connectivity index (χ0) is 24.9. The molecule has 0 fully saturated rings. The predicted molar refractivity (Wildman–Crippen MR) is 153 cm³/mol. The highest BCUT2D eigenvalue weighted by Gasteiger charge is 2.19. The van der Waals surface area contributed by atoms with Gasteiger partial charge >= 0.3 is 0 Å². The first-order valence-corrected chi connectivity index (χ1v) is 12.1. The lowest BCUT2D eigenvalue weighted by Crippen LogP contribution is -2.11. The van der Waals surface area contributed by atoms with Gasteiger partial charge in [-0.05, 0) is 85.4 Å². The normalized spacial score (nSPS) is 12.5. The summed E-state index contributed by atoms with van der Waals surface area (Å²) < 4.78 is 10.8.